The highest BCUT2D eigenvalue weighted by molar-refractivity contribution is 9.10. The van der Waals surface area contributed by atoms with Crippen molar-refractivity contribution in [3.05, 3.63) is 63.4 Å². The first-order valence-corrected chi connectivity index (χ1v) is 7.73. The summed E-state index contributed by atoms with van der Waals surface area (Å²) in [7, 11) is 1.43. The molecule has 114 valence electrons. The second kappa shape index (κ2) is 5.72. The normalized spacial score (nSPS) is 14.9. The molecule has 1 heterocycles. The quantitative estimate of drug-likeness (QED) is 0.812. The van der Waals surface area contributed by atoms with Crippen molar-refractivity contribution < 1.29 is 13.9 Å². The van der Waals surface area contributed by atoms with Gasteiger partial charge in [-0.2, -0.15) is 0 Å². The Bertz CT molecular complexity index is 747. The molecule has 1 aliphatic rings. The third-order valence-electron chi connectivity index (χ3n) is 4.03. The molecule has 0 saturated heterocycles. The summed E-state index contributed by atoms with van der Waals surface area (Å²) in [6.45, 7) is 2.43. The van der Waals surface area contributed by atoms with Gasteiger partial charge in [0.2, 0.25) is 0 Å². The van der Waals surface area contributed by atoms with Crippen molar-refractivity contribution in [1.29, 1.82) is 0 Å². The first kappa shape index (κ1) is 15.0. The number of halogens is 2. The molecular weight excluding hydrogens is 349 g/mol. The van der Waals surface area contributed by atoms with Crippen LogP contribution in [0.2, 0.25) is 0 Å². The van der Waals surface area contributed by atoms with E-state index in [1.165, 1.54) is 13.2 Å². The number of hydrogen-bond acceptors (Lipinski definition) is 2. The van der Waals surface area contributed by atoms with E-state index >= 15 is 0 Å². The molecule has 0 aromatic heterocycles. The zero-order chi connectivity index (χ0) is 15.9. The molecular formula is C17H15BrFNO2. The van der Waals surface area contributed by atoms with Gasteiger partial charge in [-0.3, -0.25) is 4.79 Å². The van der Waals surface area contributed by atoms with Crippen LogP contribution in [0.5, 0.6) is 5.75 Å². The van der Waals surface area contributed by atoms with Gasteiger partial charge in [-0.05, 0) is 48.4 Å². The summed E-state index contributed by atoms with van der Waals surface area (Å²) in [6.07, 6.45) is 0. The Hall–Kier alpha value is -1.88. The minimum atomic E-state index is -0.418. The summed E-state index contributed by atoms with van der Waals surface area (Å²) < 4.78 is 19.8. The third-order valence-corrected chi connectivity index (χ3v) is 4.52. The number of carbonyl (C=O) groups excluding carboxylic acids is 1. The van der Waals surface area contributed by atoms with Crippen LogP contribution in [-0.2, 0) is 6.54 Å². The molecule has 0 aliphatic carbocycles. The van der Waals surface area contributed by atoms with Crippen molar-refractivity contribution in [3.63, 3.8) is 0 Å². The predicted octanol–water partition coefficient (Wildman–Crippen LogP) is 4.31. The van der Waals surface area contributed by atoms with Gasteiger partial charge in [-0.15, -0.1) is 0 Å². The Labute approximate surface area is 136 Å². The molecule has 2 aromatic rings. The van der Waals surface area contributed by atoms with Crippen LogP contribution in [0.3, 0.4) is 0 Å². The van der Waals surface area contributed by atoms with Crippen LogP contribution in [0.25, 0.3) is 0 Å². The Balaban J connectivity index is 1.89. The lowest BCUT2D eigenvalue weighted by molar-refractivity contribution is 0.0715. The number of amides is 1. The van der Waals surface area contributed by atoms with Crippen molar-refractivity contribution in [2.75, 3.05) is 7.11 Å². The summed E-state index contributed by atoms with van der Waals surface area (Å²) >= 11 is 3.42. The number of ether oxygens (including phenoxy) is 1. The SMILES string of the molecule is COc1ccc([C@@H](C)N2Cc3cc(Br)ccc3C2=O)cc1F. The molecule has 2 aromatic carbocycles. The molecule has 22 heavy (non-hydrogen) atoms. The van der Waals surface area contributed by atoms with E-state index in [4.69, 9.17) is 4.74 Å². The van der Waals surface area contributed by atoms with Crippen LogP contribution in [0.1, 0.15) is 34.5 Å². The summed E-state index contributed by atoms with van der Waals surface area (Å²) in [5, 5.41) is 0. The molecule has 5 heteroatoms. The Morgan fingerprint density at radius 3 is 2.73 bits per heavy atom. The van der Waals surface area contributed by atoms with Gasteiger partial charge in [-0.25, -0.2) is 4.39 Å². The monoisotopic (exact) mass is 363 g/mol. The maximum atomic E-state index is 13.9. The smallest absolute Gasteiger partial charge is 0.255 e. The van der Waals surface area contributed by atoms with Crippen molar-refractivity contribution in [1.82, 2.24) is 4.90 Å². The van der Waals surface area contributed by atoms with Crippen molar-refractivity contribution in [3.8, 4) is 5.75 Å². The second-order valence-electron chi connectivity index (χ2n) is 5.30. The van der Waals surface area contributed by atoms with E-state index in [9.17, 15) is 9.18 Å². The zero-order valence-corrected chi connectivity index (χ0v) is 13.9. The van der Waals surface area contributed by atoms with Gasteiger partial charge in [0, 0.05) is 16.6 Å². The van der Waals surface area contributed by atoms with Gasteiger partial charge in [0.05, 0.1) is 13.2 Å². The maximum Gasteiger partial charge on any atom is 0.255 e. The summed E-state index contributed by atoms with van der Waals surface area (Å²) in [4.78, 5) is 14.3. The number of methoxy groups -OCH3 is 1. The molecule has 1 atom stereocenters. The molecule has 0 saturated carbocycles. The van der Waals surface area contributed by atoms with Gasteiger partial charge >= 0.3 is 0 Å². The number of rotatable bonds is 3. The average Bonchev–Trinajstić information content (AvgIpc) is 2.82. The number of fused-ring (bicyclic) bond motifs is 1. The van der Waals surface area contributed by atoms with Gasteiger partial charge in [0.1, 0.15) is 0 Å². The molecule has 0 N–H and O–H groups in total. The summed E-state index contributed by atoms with van der Waals surface area (Å²) in [5.74, 6) is -0.235. The fourth-order valence-electron chi connectivity index (χ4n) is 2.75. The molecule has 3 rings (SSSR count). The topological polar surface area (TPSA) is 29.5 Å². The highest BCUT2D eigenvalue weighted by Gasteiger charge is 2.31. The van der Waals surface area contributed by atoms with Gasteiger partial charge in [-0.1, -0.05) is 22.0 Å². The van der Waals surface area contributed by atoms with E-state index < -0.39 is 5.82 Å². The van der Waals surface area contributed by atoms with Gasteiger partial charge in [0.15, 0.2) is 11.6 Å². The Morgan fingerprint density at radius 1 is 1.27 bits per heavy atom. The number of carbonyl (C=O) groups is 1. The van der Waals surface area contributed by atoms with Crippen LogP contribution >= 0.6 is 15.9 Å². The molecule has 0 spiro atoms. The maximum absolute atomic E-state index is 13.9. The fraction of sp³-hybridized carbons (Fsp3) is 0.235. The molecule has 0 fully saturated rings. The van der Waals surface area contributed by atoms with Crippen molar-refractivity contribution >= 4 is 21.8 Å². The van der Waals surface area contributed by atoms with Crippen LogP contribution in [-0.4, -0.2) is 17.9 Å². The largest absolute Gasteiger partial charge is 0.494 e. The van der Waals surface area contributed by atoms with E-state index in [-0.39, 0.29) is 17.7 Å². The van der Waals surface area contributed by atoms with E-state index in [1.54, 1.807) is 17.0 Å². The molecule has 3 nitrogen and oxygen atoms in total. The average molecular weight is 364 g/mol. The first-order valence-electron chi connectivity index (χ1n) is 6.94. The lowest BCUT2D eigenvalue weighted by Gasteiger charge is -2.25. The van der Waals surface area contributed by atoms with E-state index in [0.717, 1.165) is 15.6 Å². The molecule has 0 radical (unpaired) electrons. The Morgan fingerprint density at radius 2 is 2.05 bits per heavy atom. The van der Waals surface area contributed by atoms with Gasteiger partial charge < -0.3 is 9.64 Å². The lowest BCUT2D eigenvalue weighted by Crippen LogP contribution is -2.27. The Kier molecular flexibility index (Phi) is 3.91. The van der Waals surface area contributed by atoms with Gasteiger partial charge in [0.25, 0.3) is 5.91 Å². The fourth-order valence-corrected chi connectivity index (χ4v) is 3.16. The summed E-state index contributed by atoms with van der Waals surface area (Å²) in [5.41, 5.74) is 2.45. The molecule has 0 bridgehead atoms. The number of hydrogen-bond donors (Lipinski definition) is 0. The van der Waals surface area contributed by atoms with Crippen LogP contribution < -0.4 is 4.74 Å². The zero-order valence-electron chi connectivity index (χ0n) is 12.3. The predicted molar refractivity (Wildman–Crippen MR) is 85.4 cm³/mol. The highest BCUT2D eigenvalue weighted by Crippen LogP contribution is 2.33. The molecule has 1 aliphatic heterocycles. The van der Waals surface area contributed by atoms with Crippen molar-refractivity contribution in [2.24, 2.45) is 0 Å². The standard InChI is InChI=1S/C17H15BrFNO2/c1-10(11-3-6-16(22-2)15(19)8-11)20-9-12-7-13(18)4-5-14(12)17(20)21/h3-8,10H,9H2,1-2H3/t10-/m1/s1. The number of benzene rings is 2. The minimum absolute atomic E-state index is 0.0220. The summed E-state index contributed by atoms with van der Waals surface area (Å²) in [6, 6.07) is 10.2. The molecule has 1 amide bonds. The minimum Gasteiger partial charge on any atom is -0.494 e. The van der Waals surface area contributed by atoms with Crippen molar-refractivity contribution in [2.45, 2.75) is 19.5 Å². The van der Waals surface area contributed by atoms with E-state index in [2.05, 4.69) is 15.9 Å². The second-order valence-corrected chi connectivity index (χ2v) is 6.22. The van der Waals surface area contributed by atoms with Crippen LogP contribution in [0.15, 0.2) is 40.9 Å². The third kappa shape index (κ3) is 2.50. The van der Waals surface area contributed by atoms with E-state index in [1.807, 2.05) is 25.1 Å². The first-order chi connectivity index (χ1) is 10.5. The number of nitrogens with zero attached hydrogens (tertiary/aromatic N) is 1. The lowest BCUT2D eigenvalue weighted by atomic mass is 10.1. The van der Waals surface area contributed by atoms with E-state index in [0.29, 0.717) is 12.1 Å². The molecule has 0 unspecified atom stereocenters. The van der Waals surface area contributed by atoms with Crippen LogP contribution in [0, 0.1) is 5.82 Å². The van der Waals surface area contributed by atoms with Crippen LogP contribution in [0.4, 0.5) is 4.39 Å². The highest BCUT2D eigenvalue weighted by atomic mass is 79.9.